The molecule has 300 valence electrons. The normalized spacial score (nSPS) is 13.6. The fourth-order valence-electron chi connectivity index (χ4n) is 5.55. The van der Waals surface area contributed by atoms with E-state index in [1.807, 2.05) is 62.4 Å². The highest BCUT2D eigenvalue weighted by atomic mass is 16.2. The largest absolute Gasteiger partial charge is 0.352 e. The lowest BCUT2D eigenvalue weighted by atomic mass is 10.0. The average molecular weight is 754 g/mol. The molecule has 2 rings (SSSR count). The van der Waals surface area contributed by atoms with Crippen LogP contribution in [0.2, 0.25) is 0 Å². The Morgan fingerprint density at radius 2 is 1.06 bits per heavy atom. The minimum Gasteiger partial charge on any atom is -0.352 e. The average Bonchev–Trinajstić information content (AvgIpc) is 3.13. The molecular formula is C38H63N11O5. The minimum atomic E-state index is -0.686. The van der Waals surface area contributed by atoms with Gasteiger partial charge < -0.3 is 59.3 Å². The van der Waals surface area contributed by atoms with E-state index in [1.165, 1.54) is 5.56 Å². The lowest BCUT2D eigenvalue weighted by Crippen LogP contribution is -2.55. The van der Waals surface area contributed by atoms with Gasteiger partial charge in [-0.1, -0.05) is 87.9 Å². The SMILES string of the molecule is CC(C)C(CNC(=O)N[C@H](CNC(=O)N[C@@H](C)CNC(N)=O)Cc1ccccc1)NC(=O)NC[C@H](CCCCN)NC(=O)NC[C@@H](C)Cc1ccccc1. The van der Waals surface area contributed by atoms with Crippen molar-refractivity contribution in [2.45, 2.75) is 84.0 Å². The van der Waals surface area contributed by atoms with E-state index >= 15 is 0 Å². The number of primary amides is 1. The van der Waals surface area contributed by atoms with E-state index in [4.69, 9.17) is 11.5 Å². The molecule has 16 heteroatoms. The van der Waals surface area contributed by atoms with Gasteiger partial charge in [-0.3, -0.25) is 0 Å². The Kier molecular flexibility index (Phi) is 21.4. The van der Waals surface area contributed by atoms with Crippen LogP contribution in [-0.2, 0) is 12.8 Å². The number of nitrogens with two attached hydrogens (primary N) is 2. The second-order valence-corrected chi connectivity index (χ2v) is 14.1. The summed E-state index contributed by atoms with van der Waals surface area (Å²) in [6, 6.07) is 15.8. The number of hydrogen-bond donors (Lipinski definition) is 11. The number of carbonyl (C=O) groups is 5. The van der Waals surface area contributed by atoms with Crippen LogP contribution >= 0.6 is 0 Å². The van der Waals surface area contributed by atoms with E-state index in [2.05, 4.69) is 66.9 Å². The summed E-state index contributed by atoms with van der Waals surface area (Å²) in [5.74, 6) is 0.224. The number of urea groups is 5. The van der Waals surface area contributed by atoms with Gasteiger partial charge in [0.05, 0.1) is 12.1 Å². The molecule has 0 saturated carbocycles. The number of carbonyl (C=O) groups excluding carboxylic acids is 5. The molecule has 10 amide bonds. The summed E-state index contributed by atoms with van der Waals surface area (Å²) in [4.78, 5) is 62.3. The van der Waals surface area contributed by atoms with E-state index in [-0.39, 0.29) is 56.1 Å². The van der Waals surface area contributed by atoms with Crippen molar-refractivity contribution in [2.24, 2.45) is 23.3 Å². The quantitative estimate of drug-likeness (QED) is 0.0760. The molecule has 5 atom stereocenters. The van der Waals surface area contributed by atoms with Gasteiger partial charge in [-0.05, 0) is 62.1 Å². The van der Waals surface area contributed by atoms with E-state index < -0.39 is 36.2 Å². The van der Waals surface area contributed by atoms with Gasteiger partial charge in [0, 0.05) is 44.8 Å². The van der Waals surface area contributed by atoms with Gasteiger partial charge >= 0.3 is 30.2 Å². The number of nitrogens with one attached hydrogen (secondary N) is 9. The molecule has 0 aliphatic rings. The van der Waals surface area contributed by atoms with Crippen molar-refractivity contribution in [3.8, 4) is 0 Å². The number of hydrogen-bond acceptors (Lipinski definition) is 6. The number of amides is 10. The van der Waals surface area contributed by atoms with Crippen LogP contribution in [0.25, 0.3) is 0 Å². The molecule has 13 N–H and O–H groups in total. The second-order valence-electron chi connectivity index (χ2n) is 14.1. The molecule has 0 aromatic heterocycles. The summed E-state index contributed by atoms with van der Waals surface area (Å²) in [5, 5.41) is 25.4. The van der Waals surface area contributed by atoms with Crippen molar-refractivity contribution in [2.75, 3.05) is 39.3 Å². The lowest BCUT2D eigenvalue weighted by Gasteiger charge is -2.26. The summed E-state index contributed by atoms with van der Waals surface area (Å²) >= 11 is 0. The smallest absolute Gasteiger partial charge is 0.315 e. The zero-order valence-electron chi connectivity index (χ0n) is 32.2. The van der Waals surface area contributed by atoms with Gasteiger partial charge in [-0.15, -0.1) is 0 Å². The van der Waals surface area contributed by atoms with E-state index in [0.29, 0.717) is 25.9 Å². The summed E-state index contributed by atoms with van der Waals surface area (Å²) in [6.07, 6.45) is 3.54. The van der Waals surface area contributed by atoms with Crippen molar-refractivity contribution in [1.82, 2.24) is 47.9 Å². The van der Waals surface area contributed by atoms with Crippen LogP contribution in [0.5, 0.6) is 0 Å². The lowest BCUT2D eigenvalue weighted by molar-refractivity contribution is 0.222. The topological polar surface area (TPSA) is 246 Å². The molecule has 2 aromatic carbocycles. The van der Waals surface area contributed by atoms with Gasteiger partial charge in [0.25, 0.3) is 0 Å². The first-order chi connectivity index (χ1) is 25.8. The zero-order valence-corrected chi connectivity index (χ0v) is 32.2. The molecule has 0 aliphatic carbocycles. The maximum absolute atomic E-state index is 13.1. The maximum atomic E-state index is 13.1. The molecule has 0 saturated heterocycles. The third-order valence-corrected chi connectivity index (χ3v) is 8.62. The molecule has 1 unspecified atom stereocenters. The molecule has 0 radical (unpaired) electrons. The zero-order chi connectivity index (χ0) is 39.7. The third kappa shape index (κ3) is 20.7. The Hall–Kier alpha value is -5.25. The van der Waals surface area contributed by atoms with E-state index in [9.17, 15) is 24.0 Å². The van der Waals surface area contributed by atoms with Crippen LogP contribution in [0, 0.1) is 11.8 Å². The number of benzene rings is 2. The maximum Gasteiger partial charge on any atom is 0.315 e. The van der Waals surface area contributed by atoms with Crippen LogP contribution in [0.1, 0.15) is 58.1 Å². The Bertz CT molecular complexity index is 1400. The van der Waals surface area contributed by atoms with Crippen molar-refractivity contribution < 1.29 is 24.0 Å². The van der Waals surface area contributed by atoms with Crippen molar-refractivity contribution in [1.29, 1.82) is 0 Å². The van der Waals surface area contributed by atoms with Crippen molar-refractivity contribution in [3.05, 3.63) is 71.8 Å². The van der Waals surface area contributed by atoms with Crippen LogP contribution in [-0.4, -0.2) is 93.6 Å². The predicted molar refractivity (Wildman–Crippen MR) is 212 cm³/mol. The fourth-order valence-corrected chi connectivity index (χ4v) is 5.55. The van der Waals surface area contributed by atoms with Crippen LogP contribution < -0.4 is 59.3 Å². The standard InChI is InChI=1S/C38H63N11O5/c1-26(2)33(25-45-37(53)48-32(20-30-15-9-6-10-16-30)24-44-35(51)46-28(4)22-41-34(40)50)49-38(54)43-23-31(17-11-12-18-39)47-36(52)42-21-27(3)19-29-13-7-5-8-14-29/h5-10,13-16,26-28,31-33H,11-12,17-25,39H2,1-4H3,(H3,40,41,50)(H2,42,47,52)(H2,43,49,54)(H2,44,46,51)(H2,45,48,53)/t27-,28-,31-,32-,33?/m0/s1. The first kappa shape index (κ1) is 44.9. The molecule has 0 heterocycles. The highest BCUT2D eigenvalue weighted by Gasteiger charge is 2.21. The summed E-state index contributed by atoms with van der Waals surface area (Å²) in [5.41, 5.74) is 13.0. The summed E-state index contributed by atoms with van der Waals surface area (Å²) in [6.45, 7) is 9.38. The van der Waals surface area contributed by atoms with Crippen molar-refractivity contribution in [3.63, 3.8) is 0 Å². The number of unbranched alkanes of at least 4 members (excludes halogenated alkanes) is 1. The number of rotatable bonds is 23. The van der Waals surface area contributed by atoms with Gasteiger partial charge in [0.15, 0.2) is 0 Å². The highest BCUT2D eigenvalue weighted by Crippen LogP contribution is 2.08. The van der Waals surface area contributed by atoms with Crippen LogP contribution in [0.3, 0.4) is 0 Å². The third-order valence-electron chi connectivity index (χ3n) is 8.62. The van der Waals surface area contributed by atoms with Crippen LogP contribution in [0.4, 0.5) is 24.0 Å². The Morgan fingerprint density at radius 3 is 1.63 bits per heavy atom. The van der Waals surface area contributed by atoms with Gasteiger partial charge in [-0.2, -0.15) is 0 Å². The van der Waals surface area contributed by atoms with Crippen molar-refractivity contribution >= 4 is 30.2 Å². The molecule has 54 heavy (non-hydrogen) atoms. The van der Waals surface area contributed by atoms with E-state index in [0.717, 1.165) is 24.8 Å². The van der Waals surface area contributed by atoms with Gasteiger partial charge in [0.2, 0.25) is 0 Å². The van der Waals surface area contributed by atoms with Crippen LogP contribution in [0.15, 0.2) is 60.7 Å². The molecule has 0 fully saturated rings. The Morgan fingerprint density at radius 1 is 0.556 bits per heavy atom. The summed E-state index contributed by atoms with van der Waals surface area (Å²) < 4.78 is 0. The Labute approximate surface area is 319 Å². The minimum absolute atomic E-state index is 0.0188. The van der Waals surface area contributed by atoms with E-state index in [1.54, 1.807) is 6.92 Å². The van der Waals surface area contributed by atoms with Gasteiger partial charge in [0.1, 0.15) is 0 Å². The molecule has 0 aliphatic heterocycles. The molecule has 16 nitrogen and oxygen atoms in total. The predicted octanol–water partition coefficient (Wildman–Crippen LogP) is 2.25. The fraction of sp³-hybridized carbons (Fsp3) is 0.553. The van der Waals surface area contributed by atoms with Gasteiger partial charge in [-0.25, -0.2) is 24.0 Å². The molecular weight excluding hydrogens is 690 g/mol. The monoisotopic (exact) mass is 754 g/mol. The Balaban J connectivity index is 1.88. The molecule has 0 spiro atoms. The second kappa shape index (κ2) is 25.7. The molecule has 2 aromatic rings. The first-order valence-electron chi connectivity index (χ1n) is 18.8. The highest BCUT2D eigenvalue weighted by molar-refractivity contribution is 5.77. The molecule has 0 bridgehead atoms. The summed E-state index contributed by atoms with van der Waals surface area (Å²) in [7, 11) is 0. The first-order valence-corrected chi connectivity index (χ1v) is 18.8.